The third kappa shape index (κ3) is 2.63. The minimum atomic E-state index is -0.571. The van der Waals surface area contributed by atoms with Crippen LogP contribution in [0.4, 0.5) is 11.4 Å². The quantitative estimate of drug-likeness (QED) is 0.838. The highest BCUT2D eigenvalue weighted by molar-refractivity contribution is 6.53. The standard InChI is InChI=1S/C18H15ClN2O3/c1-10-5-3-8-14(11(10)2)21-17(23)15(19)16(18(21)24)20-12-6-4-7-13(22)9-12/h3-9,20,22H,1-2H3. The van der Waals surface area contributed by atoms with E-state index < -0.39 is 11.8 Å². The summed E-state index contributed by atoms with van der Waals surface area (Å²) >= 11 is 6.09. The number of phenols is 1. The number of hydrogen-bond donors (Lipinski definition) is 2. The van der Waals surface area contributed by atoms with Gasteiger partial charge in [-0.3, -0.25) is 9.59 Å². The third-order valence-electron chi connectivity index (χ3n) is 3.96. The molecule has 2 amide bonds. The number of nitrogens with one attached hydrogen (secondary N) is 1. The fourth-order valence-corrected chi connectivity index (χ4v) is 2.75. The van der Waals surface area contributed by atoms with Crippen LogP contribution in [-0.4, -0.2) is 16.9 Å². The van der Waals surface area contributed by atoms with E-state index in [0.717, 1.165) is 16.0 Å². The maximum atomic E-state index is 12.7. The highest BCUT2D eigenvalue weighted by Crippen LogP contribution is 2.33. The largest absolute Gasteiger partial charge is 0.508 e. The zero-order chi connectivity index (χ0) is 17.4. The highest BCUT2D eigenvalue weighted by Gasteiger charge is 2.39. The van der Waals surface area contributed by atoms with Gasteiger partial charge in [0, 0.05) is 11.8 Å². The Hall–Kier alpha value is -2.79. The summed E-state index contributed by atoms with van der Waals surface area (Å²) in [7, 11) is 0. The molecule has 2 aromatic carbocycles. The van der Waals surface area contributed by atoms with Crippen molar-refractivity contribution in [2.45, 2.75) is 13.8 Å². The SMILES string of the molecule is Cc1cccc(N2C(=O)C(Cl)=C(Nc3cccc(O)c3)C2=O)c1C. The molecule has 0 atom stereocenters. The van der Waals surface area contributed by atoms with Crippen LogP contribution in [0.5, 0.6) is 5.75 Å². The number of hydrogen-bond acceptors (Lipinski definition) is 4. The molecule has 2 aromatic rings. The second kappa shape index (κ2) is 6.02. The number of amides is 2. The molecule has 1 aliphatic rings. The molecule has 0 aromatic heterocycles. The van der Waals surface area contributed by atoms with Gasteiger partial charge >= 0.3 is 0 Å². The molecule has 0 saturated heterocycles. The van der Waals surface area contributed by atoms with Crippen molar-refractivity contribution in [1.29, 1.82) is 0 Å². The number of halogens is 1. The van der Waals surface area contributed by atoms with Crippen LogP contribution >= 0.6 is 11.6 Å². The lowest BCUT2D eigenvalue weighted by Crippen LogP contribution is -2.33. The van der Waals surface area contributed by atoms with Gasteiger partial charge in [-0.15, -0.1) is 0 Å². The molecular formula is C18H15ClN2O3. The van der Waals surface area contributed by atoms with E-state index in [0.29, 0.717) is 11.4 Å². The monoisotopic (exact) mass is 342 g/mol. The Balaban J connectivity index is 1.97. The Morgan fingerprint density at radius 2 is 1.75 bits per heavy atom. The van der Waals surface area contributed by atoms with Crippen LogP contribution in [0.15, 0.2) is 53.2 Å². The van der Waals surface area contributed by atoms with Crippen molar-refractivity contribution in [3.63, 3.8) is 0 Å². The van der Waals surface area contributed by atoms with Crippen molar-refractivity contribution >= 4 is 34.8 Å². The molecule has 3 rings (SSSR count). The van der Waals surface area contributed by atoms with Crippen LogP contribution in [0, 0.1) is 13.8 Å². The van der Waals surface area contributed by atoms with Crippen molar-refractivity contribution in [1.82, 2.24) is 0 Å². The lowest BCUT2D eigenvalue weighted by Gasteiger charge is -2.18. The second-order valence-electron chi connectivity index (χ2n) is 5.53. The van der Waals surface area contributed by atoms with Gasteiger partial charge in [0.15, 0.2) is 0 Å². The van der Waals surface area contributed by atoms with Gasteiger partial charge in [-0.05, 0) is 43.2 Å². The maximum absolute atomic E-state index is 12.7. The number of carbonyl (C=O) groups excluding carboxylic acids is 2. The van der Waals surface area contributed by atoms with E-state index in [1.54, 1.807) is 24.3 Å². The van der Waals surface area contributed by atoms with E-state index in [-0.39, 0.29) is 16.5 Å². The number of rotatable bonds is 3. The summed E-state index contributed by atoms with van der Waals surface area (Å²) < 4.78 is 0. The molecule has 6 heteroatoms. The average Bonchev–Trinajstić information content (AvgIpc) is 2.74. The van der Waals surface area contributed by atoms with Gasteiger partial charge in [0.25, 0.3) is 11.8 Å². The van der Waals surface area contributed by atoms with Gasteiger partial charge in [0.1, 0.15) is 16.5 Å². The van der Waals surface area contributed by atoms with Crippen molar-refractivity contribution in [3.8, 4) is 5.75 Å². The van der Waals surface area contributed by atoms with E-state index >= 15 is 0 Å². The molecule has 0 spiro atoms. The summed E-state index contributed by atoms with van der Waals surface area (Å²) in [6, 6.07) is 11.6. The number of phenolic OH excluding ortho intramolecular Hbond substituents is 1. The molecule has 0 bridgehead atoms. The summed E-state index contributed by atoms with van der Waals surface area (Å²) in [4.78, 5) is 26.3. The Labute approximate surface area is 144 Å². The van der Waals surface area contributed by atoms with Gasteiger partial charge in [0.05, 0.1) is 5.69 Å². The number of nitrogens with zero attached hydrogens (tertiary/aromatic N) is 1. The molecule has 24 heavy (non-hydrogen) atoms. The van der Waals surface area contributed by atoms with Crippen molar-refractivity contribution in [2.75, 3.05) is 10.2 Å². The summed E-state index contributed by atoms with van der Waals surface area (Å²) in [5.74, 6) is -1.06. The van der Waals surface area contributed by atoms with Crippen LogP contribution in [0.3, 0.4) is 0 Å². The first-order valence-electron chi connectivity index (χ1n) is 7.31. The predicted molar refractivity (Wildman–Crippen MR) is 93.0 cm³/mol. The zero-order valence-corrected chi connectivity index (χ0v) is 13.9. The van der Waals surface area contributed by atoms with E-state index in [4.69, 9.17) is 11.6 Å². The Bertz CT molecular complexity index is 890. The topological polar surface area (TPSA) is 69.6 Å². The molecule has 2 N–H and O–H groups in total. The minimum absolute atomic E-state index is 0.00632. The Kier molecular flexibility index (Phi) is 4.03. The minimum Gasteiger partial charge on any atom is -0.508 e. The molecule has 0 fully saturated rings. The number of aryl methyl sites for hydroxylation is 1. The molecule has 122 valence electrons. The number of anilines is 2. The number of carbonyl (C=O) groups is 2. The van der Waals surface area contributed by atoms with Gasteiger partial charge in [0.2, 0.25) is 0 Å². The Morgan fingerprint density at radius 1 is 1.04 bits per heavy atom. The first-order valence-corrected chi connectivity index (χ1v) is 7.69. The van der Waals surface area contributed by atoms with Gasteiger partial charge in [-0.25, -0.2) is 4.90 Å². The van der Waals surface area contributed by atoms with Crippen molar-refractivity contribution < 1.29 is 14.7 Å². The smallest absolute Gasteiger partial charge is 0.283 e. The van der Waals surface area contributed by atoms with Crippen LogP contribution in [0.25, 0.3) is 0 Å². The summed E-state index contributed by atoms with van der Waals surface area (Å²) in [6.45, 7) is 3.75. The normalized spacial score (nSPS) is 14.5. The second-order valence-corrected chi connectivity index (χ2v) is 5.91. The molecule has 0 radical (unpaired) electrons. The van der Waals surface area contributed by atoms with Gasteiger partial charge < -0.3 is 10.4 Å². The molecule has 5 nitrogen and oxygen atoms in total. The van der Waals surface area contributed by atoms with Gasteiger partial charge in [-0.1, -0.05) is 29.8 Å². The fourth-order valence-electron chi connectivity index (χ4n) is 2.54. The van der Waals surface area contributed by atoms with Crippen LogP contribution in [0.1, 0.15) is 11.1 Å². The maximum Gasteiger partial charge on any atom is 0.283 e. The third-order valence-corrected chi connectivity index (χ3v) is 4.31. The molecule has 1 aliphatic heterocycles. The molecular weight excluding hydrogens is 328 g/mol. The first kappa shape index (κ1) is 16.1. The number of imide groups is 1. The lowest BCUT2D eigenvalue weighted by molar-refractivity contribution is -0.120. The summed E-state index contributed by atoms with van der Waals surface area (Å²) in [5.41, 5.74) is 2.78. The van der Waals surface area contributed by atoms with Crippen LogP contribution < -0.4 is 10.2 Å². The summed E-state index contributed by atoms with van der Waals surface area (Å²) in [6.07, 6.45) is 0. The fraction of sp³-hybridized carbons (Fsp3) is 0.111. The lowest BCUT2D eigenvalue weighted by atomic mass is 10.1. The molecule has 1 heterocycles. The van der Waals surface area contributed by atoms with E-state index in [2.05, 4.69) is 5.32 Å². The van der Waals surface area contributed by atoms with E-state index in [1.165, 1.54) is 12.1 Å². The first-order chi connectivity index (χ1) is 11.4. The molecule has 0 unspecified atom stereocenters. The van der Waals surface area contributed by atoms with Crippen molar-refractivity contribution in [2.24, 2.45) is 0 Å². The van der Waals surface area contributed by atoms with Gasteiger partial charge in [-0.2, -0.15) is 0 Å². The Morgan fingerprint density at radius 3 is 2.46 bits per heavy atom. The van der Waals surface area contributed by atoms with Crippen molar-refractivity contribution in [3.05, 3.63) is 64.3 Å². The highest BCUT2D eigenvalue weighted by atomic mass is 35.5. The number of benzene rings is 2. The average molecular weight is 343 g/mol. The van der Waals surface area contributed by atoms with E-state index in [1.807, 2.05) is 19.9 Å². The van der Waals surface area contributed by atoms with E-state index in [9.17, 15) is 14.7 Å². The number of aromatic hydroxyl groups is 1. The predicted octanol–water partition coefficient (Wildman–Crippen LogP) is 3.44. The zero-order valence-electron chi connectivity index (χ0n) is 13.1. The van der Waals surface area contributed by atoms with Crippen LogP contribution in [-0.2, 0) is 9.59 Å². The summed E-state index contributed by atoms with van der Waals surface area (Å²) in [5, 5.41) is 12.2. The van der Waals surface area contributed by atoms with Crippen LogP contribution in [0.2, 0.25) is 0 Å². The molecule has 0 aliphatic carbocycles. The molecule has 0 saturated carbocycles.